The molecule has 1 heterocycles. The van der Waals surface area contributed by atoms with Crippen LogP contribution in [-0.4, -0.2) is 26.8 Å². The summed E-state index contributed by atoms with van der Waals surface area (Å²) in [6.07, 6.45) is 0.878. The molecular formula is C14H10Cl2N2O3S. The van der Waals surface area contributed by atoms with Crippen LogP contribution in [0.15, 0.2) is 41.4 Å². The third-order valence-corrected chi connectivity index (χ3v) is 4.31. The van der Waals surface area contributed by atoms with E-state index in [9.17, 15) is 14.7 Å². The van der Waals surface area contributed by atoms with Gasteiger partial charge in [-0.25, -0.2) is 9.10 Å². The Bertz CT molecular complexity index is 712. The minimum absolute atomic E-state index is 0.0204. The van der Waals surface area contributed by atoms with Crippen LogP contribution in [0, 0.1) is 0 Å². The number of hydrogen-bond donors (Lipinski definition) is 1. The maximum Gasteiger partial charge on any atom is 0.418 e. The summed E-state index contributed by atoms with van der Waals surface area (Å²) in [7, 11) is 0. The summed E-state index contributed by atoms with van der Waals surface area (Å²) in [5.41, 5.74) is 0.747. The topological polar surface area (TPSA) is 70.5 Å². The SMILES string of the molecule is O=Cc1ncccc1SN(Cc1cc(Cl)ccc1Cl)C(=O)O. The normalized spacial score (nSPS) is 10.3. The minimum atomic E-state index is -1.17. The molecule has 1 N–H and O–H groups in total. The molecule has 0 spiro atoms. The lowest BCUT2D eigenvalue weighted by atomic mass is 10.2. The molecule has 0 saturated carbocycles. The van der Waals surface area contributed by atoms with E-state index in [1.807, 2.05) is 0 Å². The first kappa shape index (κ1) is 16.6. The fourth-order valence-corrected chi connectivity index (χ4v) is 2.87. The summed E-state index contributed by atoms with van der Waals surface area (Å²) < 4.78 is 1.06. The molecule has 0 aliphatic rings. The number of aromatic nitrogens is 1. The highest BCUT2D eigenvalue weighted by molar-refractivity contribution is 7.97. The molecule has 5 nitrogen and oxygen atoms in total. The van der Waals surface area contributed by atoms with Crippen LogP contribution in [0.5, 0.6) is 0 Å². The van der Waals surface area contributed by atoms with Gasteiger partial charge in [-0.05, 0) is 47.8 Å². The highest BCUT2D eigenvalue weighted by atomic mass is 35.5. The van der Waals surface area contributed by atoms with Crippen LogP contribution >= 0.6 is 35.1 Å². The van der Waals surface area contributed by atoms with Gasteiger partial charge in [-0.3, -0.25) is 9.78 Å². The number of halogens is 2. The Morgan fingerprint density at radius 1 is 1.36 bits per heavy atom. The van der Waals surface area contributed by atoms with E-state index in [4.69, 9.17) is 23.2 Å². The molecule has 1 aromatic carbocycles. The third-order valence-electron chi connectivity index (χ3n) is 2.65. The van der Waals surface area contributed by atoms with Crippen molar-refractivity contribution in [1.29, 1.82) is 0 Å². The quantitative estimate of drug-likeness (QED) is 0.635. The molecule has 1 amide bonds. The number of rotatable bonds is 5. The van der Waals surface area contributed by atoms with Crippen molar-refractivity contribution in [1.82, 2.24) is 9.29 Å². The summed E-state index contributed by atoms with van der Waals surface area (Å²) in [4.78, 5) is 26.7. The van der Waals surface area contributed by atoms with Crippen LogP contribution < -0.4 is 0 Å². The Labute approximate surface area is 141 Å². The van der Waals surface area contributed by atoms with E-state index < -0.39 is 6.09 Å². The van der Waals surface area contributed by atoms with E-state index in [1.165, 1.54) is 6.20 Å². The van der Waals surface area contributed by atoms with E-state index >= 15 is 0 Å². The van der Waals surface area contributed by atoms with Gasteiger partial charge in [-0.1, -0.05) is 23.2 Å². The Morgan fingerprint density at radius 3 is 2.82 bits per heavy atom. The fourth-order valence-electron chi connectivity index (χ4n) is 1.65. The standard InChI is InChI=1S/C14H10Cl2N2O3S/c15-10-3-4-11(16)9(6-10)7-18(14(20)21)22-13-2-1-5-17-12(13)8-19/h1-6,8H,7H2,(H,20,21). The number of carbonyl (C=O) groups excluding carboxylic acids is 1. The van der Waals surface area contributed by atoms with Gasteiger partial charge < -0.3 is 5.11 Å². The zero-order chi connectivity index (χ0) is 16.1. The van der Waals surface area contributed by atoms with Crippen molar-refractivity contribution in [3.63, 3.8) is 0 Å². The van der Waals surface area contributed by atoms with Crippen LogP contribution in [0.1, 0.15) is 16.1 Å². The van der Waals surface area contributed by atoms with Crippen molar-refractivity contribution in [2.24, 2.45) is 0 Å². The van der Waals surface area contributed by atoms with Gasteiger partial charge in [-0.2, -0.15) is 0 Å². The lowest BCUT2D eigenvalue weighted by Gasteiger charge is -2.19. The van der Waals surface area contributed by atoms with Crippen LogP contribution in [0.2, 0.25) is 10.0 Å². The molecule has 0 saturated heterocycles. The van der Waals surface area contributed by atoms with E-state index in [1.54, 1.807) is 30.3 Å². The number of aldehydes is 1. The van der Waals surface area contributed by atoms with Gasteiger partial charge in [0, 0.05) is 16.2 Å². The molecule has 114 valence electrons. The van der Waals surface area contributed by atoms with E-state index in [2.05, 4.69) is 4.98 Å². The maximum atomic E-state index is 11.4. The average Bonchev–Trinajstić information content (AvgIpc) is 2.50. The first-order chi connectivity index (χ1) is 10.5. The molecule has 2 aromatic rings. The van der Waals surface area contributed by atoms with E-state index in [-0.39, 0.29) is 12.2 Å². The number of amides is 1. The summed E-state index contributed by atoms with van der Waals surface area (Å²) in [6, 6.07) is 8.07. The summed E-state index contributed by atoms with van der Waals surface area (Å²) >= 11 is 12.8. The van der Waals surface area contributed by atoms with Crippen molar-refractivity contribution < 1.29 is 14.7 Å². The second-order valence-corrected chi connectivity index (χ2v) is 6.06. The third kappa shape index (κ3) is 4.13. The molecule has 0 aliphatic carbocycles. The summed E-state index contributed by atoms with van der Waals surface area (Å²) in [5, 5.41) is 10.2. The van der Waals surface area contributed by atoms with Crippen molar-refractivity contribution >= 4 is 47.5 Å². The zero-order valence-corrected chi connectivity index (χ0v) is 13.4. The molecular weight excluding hydrogens is 347 g/mol. The van der Waals surface area contributed by atoms with Gasteiger partial charge in [0.25, 0.3) is 0 Å². The molecule has 8 heteroatoms. The van der Waals surface area contributed by atoms with Gasteiger partial charge in [0.15, 0.2) is 6.29 Å². The monoisotopic (exact) mass is 356 g/mol. The lowest BCUT2D eigenvalue weighted by Crippen LogP contribution is -2.22. The molecule has 0 bridgehead atoms. The van der Waals surface area contributed by atoms with Crippen molar-refractivity contribution in [2.75, 3.05) is 0 Å². The molecule has 0 aliphatic heterocycles. The van der Waals surface area contributed by atoms with Crippen LogP contribution in [-0.2, 0) is 6.54 Å². The fraction of sp³-hybridized carbons (Fsp3) is 0.0714. The van der Waals surface area contributed by atoms with Gasteiger partial charge in [0.05, 0.1) is 11.4 Å². The number of nitrogens with zero attached hydrogens (tertiary/aromatic N) is 2. The van der Waals surface area contributed by atoms with Gasteiger partial charge >= 0.3 is 6.09 Å². The molecule has 0 radical (unpaired) electrons. The highest BCUT2D eigenvalue weighted by Crippen LogP contribution is 2.29. The first-order valence-corrected chi connectivity index (χ1v) is 7.56. The second-order valence-electron chi connectivity index (χ2n) is 4.15. The number of carboxylic acid groups (broad SMARTS) is 1. The van der Waals surface area contributed by atoms with Gasteiger partial charge in [0.2, 0.25) is 0 Å². The lowest BCUT2D eigenvalue weighted by molar-refractivity contribution is 0.111. The summed E-state index contributed by atoms with van der Waals surface area (Å²) in [6.45, 7) is 0.0204. The Kier molecular flexibility index (Phi) is 5.65. The van der Waals surface area contributed by atoms with Crippen LogP contribution in [0.3, 0.4) is 0 Å². The van der Waals surface area contributed by atoms with Gasteiger partial charge in [0.1, 0.15) is 5.69 Å². The molecule has 0 atom stereocenters. The van der Waals surface area contributed by atoms with Crippen LogP contribution in [0.4, 0.5) is 4.79 Å². The number of carbonyl (C=O) groups is 2. The van der Waals surface area contributed by atoms with Crippen molar-refractivity contribution in [2.45, 2.75) is 11.4 Å². The Morgan fingerprint density at radius 2 is 2.14 bits per heavy atom. The predicted molar refractivity (Wildman–Crippen MR) is 85.5 cm³/mol. The summed E-state index contributed by atoms with van der Waals surface area (Å²) in [5.74, 6) is 0. The number of hydrogen-bond acceptors (Lipinski definition) is 4. The van der Waals surface area contributed by atoms with Gasteiger partial charge in [-0.15, -0.1) is 0 Å². The zero-order valence-electron chi connectivity index (χ0n) is 11.1. The van der Waals surface area contributed by atoms with Crippen LogP contribution in [0.25, 0.3) is 0 Å². The molecule has 1 aromatic heterocycles. The van der Waals surface area contributed by atoms with E-state index in [0.29, 0.717) is 26.8 Å². The highest BCUT2D eigenvalue weighted by Gasteiger charge is 2.18. The first-order valence-electron chi connectivity index (χ1n) is 6.04. The largest absolute Gasteiger partial charge is 0.464 e. The molecule has 0 unspecified atom stereocenters. The number of benzene rings is 1. The molecule has 0 fully saturated rings. The molecule has 22 heavy (non-hydrogen) atoms. The predicted octanol–water partition coefficient (Wildman–Crippen LogP) is 4.39. The smallest absolute Gasteiger partial charge is 0.418 e. The Balaban J connectivity index is 2.25. The average molecular weight is 357 g/mol. The van der Waals surface area contributed by atoms with Crippen molar-refractivity contribution in [3.8, 4) is 0 Å². The molecule has 2 rings (SSSR count). The Hall–Kier alpha value is -1.76. The number of pyridine rings is 1. The van der Waals surface area contributed by atoms with Crippen molar-refractivity contribution in [3.05, 3.63) is 57.8 Å². The minimum Gasteiger partial charge on any atom is -0.464 e. The maximum absolute atomic E-state index is 11.4. The second kappa shape index (κ2) is 7.49. The van der Waals surface area contributed by atoms with E-state index in [0.717, 1.165) is 16.3 Å².